The number of anilines is 2. The van der Waals surface area contributed by atoms with Gasteiger partial charge in [-0.3, -0.25) is 9.59 Å². The molecule has 7 nitrogen and oxygen atoms in total. The molecule has 32 heavy (non-hydrogen) atoms. The van der Waals surface area contributed by atoms with Gasteiger partial charge in [0.25, 0.3) is 5.91 Å². The molecule has 0 atom stereocenters. The van der Waals surface area contributed by atoms with Gasteiger partial charge in [-0.1, -0.05) is 30.3 Å². The van der Waals surface area contributed by atoms with E-state index < -0.39 is 5.91 Å². The van der Waals surface area contributed by atoms with Crippen molar-refractivity contribution in [2.24, 2.45) is 0 Å². The van der Waals surface area contributed by atoms with Crippen LogP contribution in [0.2, 0.25) is 0 Å². The third-order valence-electron chi connectivity index (χ3n) is 4.69. The number of amides is 2. The Balaban J connectivity index is 1.74. The fourth-order valence-electron chi connectivity index (χ4n) is 3.21. The summed E-state index contributed by atoms with van der Waals surface area (Å²) < 4.78 is 11.4. The Hall–Kier alpha value is -4.39. The summed E-state index contributed by atoms with van der Waals surface area (Å²) in [6, 6.07) is 23.5. The van der Waals surface area contributed by atoms with E-state index in [1.807, 2.05) is 36.4 Å². The van der Waals surface area contributed by atoms with Crippen LogP contribution in [0.3, 0.4) is 0 Å². The van der Waals surface area contributed by atoms with Gasteiger partial charge in [-0.05, 0) is 48.5 Å². The average Bonchev–Trinajstić information content (AvgIpc) is 3.26. The molecule has 0 aliphatic rings. The molecule has 0 saturated carbocycles. The number of nitrogens with zero attached hydrogens (tertiary/aromatic N) is 1. The quantitative estimate of drug-likeness (QED) is 0.440. The number of para-hydroxylation sites is 2. The molecule has 160 valence electrons. The summed E-state index contributed by atoms with van der Waals surface area (Å²) in [5.41, 5.74) is 2.71. The van der Waals surface area contributed by atoms with E-state index in [4.69, 9.17) is 9.15 Å². The molecule has 0 fully saturated rings. The molecule has 0 aliphatic heterocycles. The van der Waals surface area contributed by atoms with Crippen LogP contribution in [0.5, 0.6) is 5.75 Å². The van der Waals surface area contributed by atoms with Crippen molar-refractivity contribution in [1.82, 2.24) is 4.98 Å². The van der Waals surface area contributed by atoms with E-state index in [0.717, 1.165) is 5.56 Å². The molecule has 2 N–H and O–H groups in total. The Morgan fingerprint density at radius 2 is 1.53 bits per heavy atom. The minimum atomic E-state index is -0.429. The predicted molar refractivity (Wildman–Crippen MR) is 123 cm³/mol. The summed E-state index contributed by atoms with van der Waals surface area (Å²) in [5.74, 6) is 0.596. The number of aromatic nitrogens is 1. The first-order valence-electron chi connectivity index (χ1n) is 9.94. The summed E-state index contributed by atoms with van der Waals surface area (Å²) >= 11 is 0. The first-order chi connectivity index (χ1) is 15.5. The van der Waals surface area contributed by atoms with Crippen molar-refractivity contribution in [1.29, 1.82) is 0 Å². The maximum atomic E-state index is 13.2. The molecule has 4 rings (SSSR count). The third kappa shape index (κ3) is 4.52. The lowest BCUT2D eigenvalue weighted by Gasteiger charge is -2.09. The Kier molecular flexibility index (Phi) is 5.98. The second-order valence-corrected chi connectivity index (χ2v) is 6.98. The van der Waals surface area contributed by atoms with Crippen molar-refractivity contribution in [2.75, 3.05) is 17.7 Å². The first-order valence-corrected chi connectivity index (χ1v) is 9.94. The number of methoxy groups -OCH3 is 1. The van der Waals surface area contributed by atoms with Crippen molar-refractivity contribution >= 4 is 23.2 Å². The van der Waals surface area contributed by atoms with Gasteiger partial charge in [-0.15, -0.1) is 0 Å². The van der Waals surface area contributed by atoms with Crippen LogP contribution in [0.4, 0.5) is 11.4 Å². The lowest BCUT2D eigenvalue weighted by atomic mass is 10.1. The van der Waals surface area contributed by atoms with Crippen LogP contribution < -0.4 is 15.4 Å². The van der Waals surface area contributed by atoms with Gasteiger partial charge in [0.2, 0.25) is 11.8 Å². The summed E-state index contributed by atoms with van der Waals surface area (Å²) in [6.07, 6.45) is 0. The molecular formula is C25H21N3O4. The van der Waals surface area contributed by atoms with Crippen LogP contribution in [-0.4, -0.2) is 23.9 Å². The topological polar surface area (TPSA) is 93.5 Å². The first kappa shape index (κ1) is 20.9. The van der Waals surface area contributed by atoms with E-state index in [0.29, 0.717) is 34.3 Å². The number of rotatable bonds is 6. The number of benzene rings is 3. The van der Waals surface area contributed by atoms with Gasteiger partial charge >= 0.3 is 0 Å². The standard InChI is InChI=1S/C25H21N3O4/c1-16(29)26-19-14-12-17(13-15-19)23-22(28-25(32-23)18-8-4-3-5-9-18)24(30)27-20-10-6-7-11-21(20)31-2/h3-15H,1-2H3,(H,26,29)(H,27,30). The van der Waals surface area contributed by atoms with Crippen molar-refractivity contribution in [2.45, 2.75) is 6.92 Å². The van der Waals surface area contributed by atoms with Crippen LogP contribution >= 0.6 is 0 Å². The molecule has 0 unspecified atom stereocenters. The van der Waals surface area contributed by atoms with Gasteiger partial charge in [0.15, 0.2) is 11.5 Å². The van der Waals surface area contributed by atoms with Crippen molar-refractivity contribution in [3.8, 4) is 28.5 Å². The Bertz CT molecular complexity index is 1250. The molecule has 2 amide bonds. The zero-order valence-electron chi connectivity index (χ0n) is 17.6. The van der Waals surface area contributed by atoms with Crippen LogP contribution in [-0.2, 0) is 4.79 Å². The summed E-state index contributed by atoms with van der Waals surface area (Å²) in [5, 5.41) is 5.57. The summed E-state index contributed by atoms with van der Waals surface area (Å²) in [6.45, 7) is 1.44. The Labute approximate surface area is 185 Å². The number of nitrogens with one attached hydrogen (secondary N) is 2. The van der Waals surface area contributed by atoms with Crippen LogP contribution in [0.25, 0.3) is 22.8 Å². The number of hydrogen-bond donors (Lipinski definition) is 2. The molecule has 0 aliphatic carbocycles. The highest BCUT2D eigenvalue weighted by Crippen LogP contribution is 2.32. The second kappa shape index (κ2) is 9.18. The fourth-order valence-corrected chi connectivity index (χ4v) is 3.21. The number of carbonyl (C=O) groups excluding carboxylic acids is 2. The smallest absolute Gasteiger partial charge is 0.278 e. The van der Waals surface area contributed by atoms with Crippen molar-refractivity contribution in [3.05, 3.63) is 84.6 Å². The largest absolute Gasteiger partial charge is 0.495 e. The van der Waals surface area contributed by atoms with E-state index >= 15 is 0 Å². The van der Waals surface area contributed by atoms with E-state index in [2.05, 4.69) is 15.6 Å². The number of oxazole rings is 1. The van der Waals surface area contributed by atoms with Gasteiger partial charge in [-0.25, -0.2) is 4.98 Å². The molecular weight excluding hydrogens is 406 g/mol. The maximum Gasteiger partial charge on any atom is 0.278 e. The Morgan fingerprint density at radius 1 is 0.844 bits per heavy atom. The molecule has 1 aromatic heterocycles. The molecule has 0 saturated heterocycles. The van der Waals surface area contributed by atoms with E-state index in [9.17, 15) is 9.59 Å². The predicted octanol–water partition coefficient (Wildman–Crippen LogP) is 5.23. The monoisotopic (exact) mass is 427 g/mol. The van der Waals surface area contributed by atoms with E-state index in [1.54, 1.807) is 42.5 Å². The van der Waals surface area contributed by atoms with Crippen molar-refractivity contribution < 1.29 is 18.7 Å². The highest BCUT2D eigenvalue weighted by molar-refractivity contribution is 6.07. The van der Waals surface area contributed by atoms with Gasteiger partial charge in [-0.2, -0.15) is 0 Å². The van der Waals surface area contributed by atoms with Crippen LogP contribution in [0.15, 0.2) is 83.3 Å². The number of ether oxygens (including phenoxy) is 1. The summed E-state index contributed by atoms with van der Waals surface area (Å²) in [7, 11) is 1.54. The molecule has 1 heterocycles. The molecule has 3 aromatic carbocycles. The van der Waals surface area contributed by atoms with E-state index in [1.165, 1.54) is 14.0 Å². The fraction of sp³-hybridized carbons (Fsp3) is 0.0800. The normalized spacial score (nSPS) is 10.4. The zero-order chi connectivity index (χ0) is 22.5. The lowest BCUT2D eigenvalue weighted by Crippen LogP contribution is -2.14. The zero-order valence-corrected chi connectivity index (χ0v) is 17.6. The maximum absolute atomic E-state index is 13.2. The molecule has 0 bridgehead atoms. The van der Waals surface area contributed by atoms with E-state index in [-0.39, 0.29) is 11.6 Å². The number of carbonyl (C=O) groups is 2. The number of hydrogen-bond acceptors (Lipinski definition) is 5. The molecule has 4 aromatic rings. The average molecular weight is 427 g/mol. The Morgan fingerprint density at radius 3 is 2.22 bits per heavy atom. The van der Waals surface area contributed by atoms with Crippen molar-refractivity contribution in [3.63, 3.8) is 0 Å². The van der Waals surface area contributed by atoms with Crippen LogP contribution in [0, 0.1) is 0 Å². The SMILES string of the molecule is COc1ccccc1NC(=O)c1nc(-c2ccccc2)oc1-c1ccc(NC(C)=O)cc1. The molecule has 0 spiro atoms. The third-order valence-corrected chi connectivity index (χ3v) is 4.69. The van der Waals surface area contributed by atoms with Crippen LogP contribution in [0.1, 0.15) is 17.4 Å². The minimum Gasteiger partial charge on any atom is -0.495 e. The van der Waals surface area contributed by atoms with Gasteiger partial charge in [0, 0.05) is 23.7 Å². The minimum absolute atomic E-state index is 0.141. The summed E-state index contributed by atoms with van der Waals surface area (Å²) in [4.78, 5) is 29.0. The molecule has 7 heteroatoms. The highest BCUT2D eigenvalue weighted by Gasteiger charge is 2.23. The lowest BCUT2D eigenvalue weighted by molar-refractivity contribution is -0.114. The highest BCUT2D eigenvalue weighted by atomic mass is 16.5. The van der Waals surface area contributed by atoms with Gasteiger partial charge in [0.1, 0.15) is 5.75 Å². The van der Waals surface area contributed by atoms with Gasteiger partial charge < -0.3 is 19.8 Å². The molecule has 0 radical (unpaired) electrons. The second-order valence-electron chi connectivity index (χ2n) is 6.98. The van der Waals surface area contributed by atoms with Gasteiger partial charge in [0.05, 0.1) is 12.8 Å².